The zero-order valence-electron chi connectivity index (χ0n) is 11.8. The SMILES string of the molecule is C=C1CC(OC)CN(C)C1(c1cccs1)c1cccs1. The van der Waals surface area contributed by atoms with E-state index in [2.05, 4.69) is 53.6 Å². The molecular formula is C16H19NOS2. The highest BCUT2D eigenvalue weighted by Gasteiger charge is 2.47. The fraction of sp³-hybridized carbons (Fsp3) is 0.375. The fourth-order valence-electron chi connectivity index (χ4n) is 3.17. The minimum Gasteiger partial charge on any atom is -0.380 e. The van der Waals surface area contributed by atoms with Crippen molar-refractivity contribution in [3.8, 4) is 0 Å². The lowest BCUT2D eigenvalue weighted by molar-refractivity contribution is 0.0208. The Bertz CT molecular complexity index is 539. The molecule has 0 aliphatic carbocycles. The van der Waals surface area contributed by atoms with E-state index in [1.807, 2.05) is 0 Å². The molecule has 0 aromatic carbocycles. The van der Waals surface area contributed by atoms with Gasteiger partial charge in [-0.05, 0) is 41.9 Å². The smallest absolute Gasteiger partial charge is 0.111 e. The predicted molar refractivity (Wildman–Crippen MR) is 86.6 cm³/mol. The Morgan fingerprint density at radius 3 is 2.25 bits per heavy atom. The Balaban J connectivity index is 2.14. The first-order chi connectivity index (χ1) is 9.69. The largest absolute Gasteiger partial charge is 0.380 e. The number of hydrogen-bond acceptors (Lipinski definition) is 4. The third-order valence-corrected chi connectivity index (χ3v) is 6.08. The Labute approximate surface area is 128 Å². The average molecular weight is 305 g/mol. The van der Waals surface area contributed by atoms with Gasteiger partial charge >= 0.3 is 0 Å². The summed E-state index contributed by atoms with van der Waals surface area (Å²) in [6.07, 6.45) is 1.15. The molecule has 0 saturated carbocycles. The van der Waals surface area contributed by atoms with Gasteiger partial charge in [0, 0.05) is 23.4 Å². The van der Waals surface area contributed by atoms with E-state index in [1.54, 1.807) is 29.8 Å². The average Bonchev–Trinajstić information content (AvgIpc) is 3.11. The van der Waals surface area contributed by atoms with Crippen LogP contribution in [0.3, 0.4) is 0 Å². The normalized spacial score (nSPS) is 23.1. The van der Waals surface area contributed by atoms with Gasteiger partial charge < -0.3 is 4.74 Å². The molecule has 0 amide bonds. The van der Waals surface area contributed by atoms with Crippen LogP contribution in [0, 0.1) is 0 Å². The minimum atomic E-state index is -0.183. The van der Waals surface area contributed by atoms with Gasteiger partial charge in [-0.3, -0.25) is 4.90 Å². The number of rotatable bonds is 3. The monoisotopic (exact) mass is 305 g/mol. The topological polar surface area (TPSA) is 12.5 Å². The van der Waals surface area contributed by atoms with Gasteiger partial charge in [-0.15, -0.1) is 22.7 Å². The lowest BCUT2D eigenvalue weighted by atomic mass is 9.79. The number of hydrogen-bond donors (Lipinski definition) is 0. The fourth-order valence-corrected chi connectivity index (χ4v) is 5.32. The van der Waals surface area contributed by atoms with E-state index < -0.39 is 0 Å². The van der Waals surface area contributed by atoms with E-state index in [4.69, 9.17) is 4.74 Å². The van der Waals surface area contributed by atoms with Gasteiger partial charge in [-0.25, -0.2) is 0 Å². The van der Waals surface area contributed by atoms with E-state index >= 15 is 0 Å². The Morgan fingerprint density at radius 1 is 1.25 bits per heavy atom. The second-order valence-corrected chi connectivity index (χ2v) is 7.11. The first kappa shape index (κ1) is 14.0. The molecule has 106 valence electrons. The minimum absolute atomic E-state index is 0.183. The molecule has 0 spiro atoms. The molecule has 1 unspecified atom stereocenters. The number of nitrogens with zero attached hydrogens (tertiary/aromatic N) is 1. The summed E-state index contributed by atoms with van der Waals surface area (Å²) >= 11 is 3.61. The van der Waals surface area contributed by atoms with Crippen LogP contribution in [0.15, 0.2) is 47.2 Å². The molecule has 4 heteroatoms. The quantitative estimate of drug-likeness (QED) is 0.796. The first-order valence-corrected chi connectivity index (χ1v) is 8.45. The molecule has 20 heavy (non-hydrogen) atoms. The van der Waals surface area contributed by atoms with Crippen molar-refractivity contribution in [2.24, 2.45) is 0 Å². The van der Waals surface area contributed by atoms with Crippen LogP contribution in [0.4, 0.5) is 0 Å². The van der Waals surface area contributed by atoms with Crippen LogP contribution in [0.5, 0.6) is 0 Å². The number of ether oxygens (including phenoxy) is 1. The highest BCUT2D eigenvalue weighted by atomic mass is 32.1. The van der Waals surface area contributed by atoms with E-state index in [1.165, 1.54) is 15.3 Å². The summed E-state index contributed by atoms with van der Waals surface area (Å²) in [5.41, 5.74) is 1.04. The van der Waals surface area contributed by atoms with E-state index in [0.717, 1.165) is 13.0 Å². The molecule has 0 N–H and O–H groups in total. The molecule has 2 aromatic rings. The molecule has 0 radical (unpaired) electrons. The van der Waals surface area contributed by atoms with Crippen LogP contribution >= 0.6 is 22.7 Å². The maximum absolute atomic E-state index is 5.56. The third kappa shape index (κ3) is 1.99. The van der Waals surface area contributed by atoms with Gasteiger partial charge in [0.1, 0.15) is 5.54 Å². The van der Waals surface area contributed by atoms with Gasteiger partial charge in [0.15, 0.2) is 0 Å². The van der Waals surface area contributed by atoms with Crippen molar-refractivity contribution in [1.82, 2.24) is 4.90 Å². The summed E-state index contributed by atoms with van der Waals surface area (Å²) in [6.45, 7) is 5.34. The van der Waals surface area contributed by atoms with Crippen LogP contribution in [0.25, 0.3) is 0 Å². The van der Waals surface area contributed by atoms with Gasteiger partial charge in [-0.2, -0.15) is 0 Å². The van der Waals surface area contributed by atoms with Crippen LogP contribution in [-0.4, -0.2) is 31.7 Å². The Morgan fingerprint density at radius 2 is 1.85 bits per heavy atom. The molecule has 1 atom stereocenters. The summed E-state index contributed by atoms with van der Waals surface area (Å²) in [4.78, 5) is 5.09. The number of piperidine rings is 1. The molecule has 1 aliphatic heterocycles. The van der Waals surface area contributed by atoms with Crippen molar-refractivity contribution in [2.75, 3.05) is 20.7 Å². The van der Waals surface area contributed by atoms with Crippen molar-refractivity contribution in [3.05, 3.63) is 56.9 Å². The predicted octanol–water partition coefficient (Wildman–Crippen LogP) is 3.96. The Kier molecular flexibility index (Phi) is 3.82. The van der Waals surface area contributed by atoms with Gasteiger partial charge in [0.05, 0.1) is 6.10 Å². The Hall–Kier alpha value is -0.940. The second-order valence-electron chi connectivity index (χ2n) is 5.21. The molecule has 3 heterocycles. The number of likely N-dealkylation sites (N-methyl/N-ethyl adjacent to an activating group) is 1. The third-order valence-electron chi connectivity index (χ3n) is 4.12. The molecule has 1 fully saturated rings. The van der Waals surface area contributed by atoms with E-state index in [9.17, 15) is 0 Å². The summed E-state index contributed by atoms with van der Waals surface area (Å²) in [7, 11) is 3.96. The molecule has 0 bridgehead atoms. The molecular weight excluding hydrogens is 286 g/mol. The summed E-state index contributed by atoms with van der Waals surface area (Å²) in [5, 5.41) is 4.29. The first-order valence-electron chi connectivity index (χ1n) is 6.69. The van der Waals surface area contributed by atoms with Crippen LogP contribution in [-0.2, 0) is 10.3 Å². The van der Waals surface area contributed by atoms with Gasteiger partial charge in [-0.1, -0.05) is 18.7 Å². The van der Waals surface area contributed by atoms with Crippen molar-refractivity contribution >= 4 is 22.7 Å². The van der Waals surface area contributed by atoms with Crippen molar-refractivity contribution in [3.63, 3.8) is 0 Å². The summed E-state index contributed by atoms with van der Waals surface area (Å²) in [6, 6.07) is 8.69. The zero-order valence-corrected chi connectivity index (χ0v) is 13.5. The summed E-state index contributed by atoms with van der Waals surface area (Å²) in [5.74, 6) is 0. The maximum atomic E-state index is 5.56. The molecule has 2 aromatic heterocycles. The lowest BCUT2D eigenvalue weighted by Crippen LogP contribution is -2.53. The van der Waals surface area contributed by atoms with Crippen LogP contribution in [0.1, 0.15) is 16.2 Å². The highest BCUT2D eigenvalue weighted by Crippen LogP contribution is 2.48. The van der Waals surface area contributed by atoms with Crippen molar-refractivity contribution in [1.29, 1.82) is 0 Å². The molecule has 2 nitrogen and oxygen atoms in total. The number of methoxy groups -OCH3 is 1. The zero-order chi connectivity index (χ0) is 14.2. The number of likely N-dealkylation sites (tertiary alicyclic amines) is 1. The second kappa shape index (κ2) is 5.45. The van der Waals surface area contributed by atoms with Crippen LogP contribution in [0.2, 0.25) is 0 Å². The number of thiophene rings is 2. The van der Waals surface area contributed by atoms with Crippen molar-refractivity contribution < 1.29 is 4.74 Å². The maximum Gasteiger partial charge on any atom is 0.111 e. The van der Waals surface area contributed by atoms with E-state index in [0.29, 0.717) is 0 Å². The van der Waals surface area contributed by atoms with Gasteiger partial charge in [0.25, 0.3) is 0 Å². The van der Waals surface area contributed by atoms with Gasteiger partial charge in [0.2, 0.25) is 0 Å². The standard InChI is InChI=1S/C16H19NOS2/c1-12-10-13(18-3)11-17(2)16(12,14-6-4-8-19-14)15-7-5-9-20-15/h4-9,13H,1,10-11H2,2-3H3. The molecule has 1 saturated heterocycles. The van der Waals surface area contributed by atoms with E-state index in [-0.39, 0.29) is 11.6 Å². The van der Waals surface area contributed by atoms with Crippen LogP contribution < -0.4 is 0 Å². The molecule has 1 aliphatic rings. The lowest BCUT2D eigenvalue weighted by Gasteiger charge is -2.48. The van der Waals surface area contributed by atoms with Crippen molar-refractivity contribution in [2.45, 2.75) is 18.1 Å². The highest BCUT2D eigenvalue weighted by molar-refractivity contribution is 7.11. The summed E-state index contributed by atoms with van der Waals surface area (Å²) < 4.78 is 5.56. The molecule has 3 rings (SSSR count).